The normalized spacial score (nSPS) is 9.62. The summed E-state index contributed by atoms with van der Waals surface area (Å²) in [5.41, 5.74) is 1.67. The number of hydrogen-bond acceptors (Lipinski definition) is 4. The van der Waals surface area contributed by atoms with Crippen molar-refractivity contribution in [2.45, 2.75) is 13.8 Å². The third-order valence-corrected chi connectivity index (χ3v) is 2.72. The number of carbonyl (C=O) groups excluding carboxylic acids is 2. The van der Waals surface area contributed by atoms with Crippen molar-refractivity contribution >= 4 is 11.7 Å². The van der Waals surface area contributed by atoms with E-state index < -0.39 is 0 Å². The highest BCUT2D eigenvalue weighted by atomic mass is 16.5. The van der Waals surface area contributed by atoms with Crippen LogP contribution in [0.15, 0.2) is 34.9 Å². The SMILES string of the molecule is CC(=O)c1ccc(C#CCNC(=O)c2cc(C)on2)cc1. The Kier molecular flexibility index (Phi) is 4.52. The van der Waals surface area contributed by atoms with E-state index in [1.165, 1.54) is 6.92 Å². The molecule has 2 aromatic rings. The van der Waals surface area contributed by atoms with Crippen LogP contribution in [0.25, 0.3) is 0 Å². The van der Waals surface area contributed by atoms with E-state index in [2.05, 4.69) is 22.3 Å². The van der Waals surface area contributed by atoms with Crippen LogP contribution >= 0.6 is 0 Å². The molecule has 1 amide bonds. The molecule has 5 heteroatoms. The van der Waals surface area contributed by atoms with Crippen LogP contribution in [0.5, 0.6) is 0 Å². The molecule has 1 aromatic heterocycles. The molecule has 0 aliphatic carbocycles. The zero-order chi connectivity index (χ0) is 15.2. The van der Waals surface area contributed by atoms with E-state index in [0.717, 1.165) is 5.56 Å². The standard InChI is InChI=1S/C16H14N2O3/c1-11-10-15(18-21-11)16(20)17-9-3-4-13-5-7-14(8-6-13)12(2)19/h5-8,10H,9H2,1-2H3,(H,17,20). The van der Waals surface area contributed by atoms with Crippen molar-refractivity contribution in [2.75, 3.05) is 6.54 Å². The smallest absolute Gasteiger partial charge is 0.274 e. The minimum atomic E-state index is -0.326. The summed E-state index contributed by atoms with van der Waals surface area (Å²) in [6, 6.07) is 8.55. The molecular weight excluding hydrogens is 268 g/mol. The maximum absolute atomic E-state index is 11.7. The first-order valence-corrected chi connectivity index (χ1v) is 6.37. The lowest BCUT2D eigenvalue weighted by atomic mass is 10.1. The lowest BCUT2D eigenvalue weighted by molar-refractivity contribution is 0.0948. The fraction of sp³-hybridized carbons (Fsp3) is 0.188. The molecule has 0 atom stereocenters. The summed E-state index contributed by atoms with van der Waals surface area (Å²) in [6.07, 6.45) is 0. The Bertz CT molecular complexity index is 718. The third kappa shape index (κ3) is 4.05. The topological polar surface area (TPSA) is 72.2 Å². The predicted molar refractivity (Wildman–Crippen MR) is 76.9 cm³/mol. The van der Waals surface area contributed by atoms with E-state index in [4.69, 9.17) is 4.52 Å². The third-order valence-electron chi connectivity index (χ3n) is 2.72. The summed E-state index contributed by atoms with van der Waals surface area (Å²) in [5, 5.41) is 6.23. The Labute approximate surface area is 122 Å². The number of benzene rings is 1. The van der Waals surface area contributed by atoms with Crippen LogP contribution in [-0.2, 0) is 0 Å². The molecule has 0 aliphatic heterocycles. The molecule has 5 nitrogen and oxygen atoms in total. The number of aryl methyl sites for hydroxylation is 1. The van der Waals surface area contributed by atoms with Gasteiger partial charge in [0, 0.05) is 17.2 Å². The molecule has 0 spiro atoms. The van der Waals surface area contributed by atoms with E-state index in [0.29, 0.717) is 11.3 Å². The van der Waals surface area contributed by atoms with Crippen LogP contribution in [0.3, 0.4) is 0 Å². The number of hydrogen-bond donors (Lipinski definition) is 1. The molecule has 0 aliphatic rings. The number of nitrogens with one attached hydrogen (secondary N) is 1. The molecule has 0 radical (unpaired) electrons. The van der Waals surface area contributed by atoms with Crippen LogP contribution in [-0.4, -0.2) is 23.4 Å². The van der Waals surface area contributed by atoms with Crippen LogP contribution in [0.1, 0.15) is 39.1 Å². The summed E-state index contributed by atoms with van der Waals surface area (Å²) in [5.74, 6) is 6.01. The van der Waals surface area contributed by atoms with Gasteiger partial charge in [0.05, 0.1) is 6.54 Å². The number of carbonyl (C=O) groups is 2. The fourth-order valence-electron chi connectivity index (χ4n) is 1.62. The Morgan fingerprint density at radius 2 is 2.00 bits per heavy atom. The molecule has 2 rings (SSSR count). The number of amides is 1. The Hall–Kier alpha value is -2.87. The van der Waals surface area contributed by atoms with Gasteiger partial charge < -0.3 is 9.84 Å². The van der Waals surface area contributed by atoms with Crippen LogP contribution in [0, 0.1) is 18.8 Å². The number of aromatic nitrogens is 1. The van der Waals surface area contributed by atoms with Gasteiger partial charge in [0.25, 0.3) is 5.91 Å². The molecule has 0 saturated carbocycles. The number of nitrogens with zero attached hydrogens (tertiary/aromatic N) is 1. The first kappa shape index (κ1) is 14.5. The number of Topliss-reactive ketones (excluding diaryl/α,β-unsaturated/α-hetero) is 1. The molecule has 106 valence electrons. The maximum atomic E-state index is 11.7. The quantitative estimate of drug-likeness (QED) is 0.690. The van der Waals surface area contributed by atoms with Gasteiger partial charge >= 0.3 is 0 Å². The largest absolute Gasteiger partial charge is 0.361 e. The van der Waals surface area contributed by atoms with Gasteiger partial charge in [-0.1, -0.05) is 29.1 Å². The average Bonchev–Trinajstić information content (AvgIpc) is 2.90. The molecule has 0 saturated heterocycles. The highest BCUT2D eigenvalue weighted by molar-refractivity contribution is 5.94. The van der Waals surface area contributed by atoms with Gasteiger partial charge in [-0.15, -0.1) is 0 Å². The zero-order valence-corrected chi connectivity index (χ0v) is 11.8. The second kappa shape index (κ2) is 6.53. The highest BCUT2D eigenvalue weighted by Gasteiger charge is 2.08. The monoisotopic (exact) mass is 282 g/mol. The number of ketones is 1. The van der Waals surface area contributed by atoms with Crippen LogP contribution in [0.4, 0.5) is 0 Å². The van der Waals surface area contributed by atoms with Gasteiger partial charge in [-0.3, -0.25) is 9.59 Å². The van der Waals surface area contributed by atoms with Crippen molar-refractivity contribution in [1.82, 2.24) is 10.5 Å². The molecule has 0 unspecified atom stereocenters. The summed E-state index contributed by atoms with van der Waals surface area (Å²) >= 11 is 0. The Balaban J connectivity index is 1.89. The van der Waals surface area contributed by atoms with Crippen molar-refractivity contribution in [3.8, 4) is 11.8 Å². The van der Waals surface area contributed by atoms with Crippen molar-refractivity contribution in [3.05, 3.63) is 52.9 Å². The van der Waals surface area contributed by atoms with E-state index in [9.17, 15) is 9.59 Å². The van der Waals surface area contributed by atoms with Crippen LogP contribution < -0.4 is 5.32 Å². The molecule has 21 heavy (non-hydrogen) atoms. The Morgan fingerprint density at radius 3 is 2.57 bits per heavy atom. The van der Waals surface area contributed by atoms with E-state index in [-0.39, 0.29) is 23.9 Å². The first-order chi connectivity index (χ1) is 10.1. The van der Waals surface area contributed by atoms with Gasteiger partial charge in [-0.2, -0.15) is 0 Å². The molecule has 1 heterocycles. The second-order valence-corrected chi connectivity index (χ2v) is 4.44. The molecule has 1 N–H and O–H groups in total. The van der Waals surface area contributed by atoms with Crippen molar-refractivity contribution in [2.24, 2.45) is 0 Å². The van der Waals surface area contributed by atoms with Gasteiger partial charge in [0.2, 0.25) is 0 Å². The van der Waals surface area contributed by atoms with E-state index in [1.54, 1.807) is 37.3 Å². The fourth-order valence-corrected chi connectivity index (χ4v) is 1.62. The lowest BCUT2D eigenvalue weighted by Crippen LogP contribution is -2.23. The minimum Gasteiger partial charge on any atom is -0.361 e. The summed E-state index contributed by atoms with van der Waals surface area (Å²) in [7, 11) is 0. The summed E-state index contributed by atoms with van der Waals surface area (Å²) in [4.78, 5) is 22.8. The van der Waals surface area contributed by atoms with E-state index >= 15 is 0 Å². The molecule has 1 aromatic carbocycles. The summed E-state index contributed by atoms with van der Waals surface area (Å²) < 4.78 is 4.82. The van der Waals surface area contributed by atoms with Crippen molar-refractivity contribution in [1.29, 1.82) is 0 Å². The lowest BCUT2D eigenvalue weighted by Gasteiger charge is -1.96. The molecular formula is C16H14N2O3. The van der Waals surface area contributed by atoms with Gasteiger partial charge in [-0.05, 0) is 26.0 Å². The Morgan fingerprint density at radius 1 is 1.29 bits per heavy atom. The van der Waals surface area contributed by atoms with Crippen molar-refractivity contribution < 1.29 is 14.1 Å². The van der Waals surface area contributed by atoms with Gasteiger partial charge in [0.1, 0.15) is 5.76 Å². The summed E-state index contributed by atoms with van der Waals surface area (Å²) in [6.45, 7) is 3.44. The predicted octanol–water partition coefficient (Wildman–Crippen LogP) is 1.97. The van der Waals surface area contributed by atoms with Crippen molar-refractivity contribution in [3.63, 3.8) is 0 Å². The van der Waals surface area contributed by atoms with E-state index in [1.807, 2.05) is 0 Å². The van der Waals surface area contributed by atoms with Crippen LogP contribution in [0.2, 0.25) is 0 Å². The molecule has 0 bridgehead atoms. The minimum absolute atomic E-state index is 0.0182. The number of rotatable bonds is 3. The maximum Gasteiger partial charge on any atom is 0.274 e. The second-order valence-electron chi connectivity index (χ2n) is 4.44. The van der Waals surface area contributed by atoms with Gasteiger partial charge in [0.15, 0.2) is 11.5 Å². The van der Waals surface area contributed by atoms with Gasteiger partial charge in [-0.25, -0.2) is 0 Å². The first-order valence-electron chi connectivity index (χ1n) is 6.37. The average molecular weight is 282 g/mol. The molecule has 0 fully saturated rings. The zero-order valence-electron chi connectivity index (χ0n) is 11.8. The highest BCUT2D eigenvalue weighted by Crippen LogP contribution is 2.03.